The minimum Gasteiger partial charge on any atom is -0.495 e. The van der Waals surface area contributed by atoms with E-state index in [0.717, 1.165) is 0 Å². The first-order chi connectivity index (χ1) is 9.80. The molecule has 2 amide bonds. The molecule has 2 aliphatic rings. The third-order valence-electron chi connectivity index (χ3n) is 4.51. The number of anilines is 1. The number of thiocarbonyl (C=S) groups is 1. The molecule has 1 saturated carbocycles. The number of ether oxygens (including phenoxy) is 1. The van der Waals surface area contributed by atoms with Crippen LogP contribution >= 0.6 is 12.2 Å². The fourth-order valence-corrected chi connectivity index (χ4v) is 3.33. The highest BCUT2D eigenvalue weighted by molar-refractivity contribution is 7.80. The number of carbonyl (C=O) groups is 2. The molecule has 3 rings (SSSR count). The summed E-state index contributed by atoms with van der Waals surface area (Å²) < 4.78 is 5.29. The largest absolute Gasteiger partial charge is 0.495 e. The van der Waals surface area contributed by atoms with Crippen molar-refractivity contribution in [2.75, 3.05) is 12.0 Å². The van der Waals surface area contributed by atoms with E-state index in [9.17, 15) is 9.59 Å². The first-order valence-corrected chi connectivity index (χ1v) is 7.07. The number of carbonyl (C=O) groups excluding carboxylic acids is 2. The van der Waals surface area contributed by atoms with Crippen LogP contribution in [0.1, 0.15) is 19.4 Å². The molecule has 21 heavy (non-hydrogen) atoms. The molecule has 0 radical (unpaired) electrons. The van der Waals surface area contributed by atoms with Crippen LogP contribution in [-0.4, -0.2) is 23.9 Å². The minimum absolute atomic E-state index is 0.156. The van der Waals surface area contributed by atoms with Crippen LogP contribution in [0.2, 0.25) is 0 Å². The number of hydrogen-bond acceptors (Lipinski definition) is 4. The topological polar surface area (TPSA) is 72.6 Å². The number of methoxy groups -OCH3 is 1. The van der Waals surface area contributed by atoms with E-state index in [1.165, 1.54) is 12.0 Å². The van der Waals surface area contributed by atoms with Gasteiger partial charge in [-0.3, -0.25) is 9.59 Å². The Kier molecular flexibility index (Phi) is 2.85. The third-order valence-corrected chi connectivity index (χ3v) is 4.74. The number of piperidine rings is 1. The van der Waals surface area contributed by atoms with Gasteiger partial charge in [0.2, 0.25) is 11.8 Å². The Morgan fingerprint density at radius 1 is 1.29 bits per heavy atom. The van der Waals surface area contributed by atoms with Gasteiger partial charge in [-0.2, -0.15) is 0 Å². The van der Waals surface area contributed by atoms with Crippen molar-refractivity contribution in [3.8, 4) is 5.75 Å². The zero-order valence-electron chi connectivity index (χ0n) is 12.0. The summed E-state index contributed by atoms with van der Waals surface area (Å²) in [5, 5.41) is 0. The average Bonchev–Trinajstić information content (AvgIpc) is 2.89. The molecule has 2 unspecified atom stereocenters. The second-order valence-electron chi connectivity index (χ2n) is 6.04. The fourth-order valence-electron chi connectivity index (χ4n) is 3.20. The Morgan fingerprint density at radius 3 is 2.33 bits per heavy atom. The summed E-state index contributed by atoms with van der Waals surface area (Å²) in [4.78, 5) is 26.4. The molecule has 2 fully saturated rings. The van der Waals surface area contributed by atoms with E-state index in [-0.39, 0.29) is 34.1 Å². The van der Waals surface area contributed by atoms with Crippen molar-refractivity contribution in [1.82, 2.24) is 0 Å². The molecule has 2 atom stereocenters. The average molecular weight is 304 g/mol. The maximum Gasteiger partial charge on any atom is 0.238 e. The zero-order chi connectivity index (χ0) is 15.5. The van der Waals surface area contributed by atoms with Crippen molar-refractivity contribution in [2.45, 2.75) is 13.8 Å². The van der Waals surface area contributed by atoms with Gasteiger partial charge in [-0.25, -0.2) is 4.90 Å². The zero-order valence-corrected chi connectivity index (χ0v) is 12.9. The maximum absolute atomic E-state index is 12.5. The van der Waals surface area contributed by atoms with E-state index >= 15 is 0 Å². The van der Waals surface area contributed by atoms with Crippen LogP contribution in [0.3, 0.4) is 0 Å². The number of nitrogens with two attached hydrogens (primary N) is 1. The molecule has 5 nitrogen and oxygen atoms in total. The molecular weight excluding hydrogens is 288 g/mol. The van der Waals surface area contributed by atoms with Crippen LogP contribution in [-0.2, 0) is 9.59 Å². The minimum atomic E-state index is -0.226. The van der Waals surface area contributed by atoms with Crippen molar-refractivity contribution in [2.24, 2.45) is 23.0 Å². The van der Waals surface area contributed by atoms with Gasteiger partial charge in [0, 0.05) is 5.56 Å². The molecule has 0 bridgehead atoms. The number of benzene rings is 1. The van der Waals surface area contributed by atoms with Crippen molar-refractivity contribution >= 4 is 34.7 Å². The highest BCUT2D eigenvalue weighted by atomic mass is 32.1. The second kappa shape index (κ2) is 4.27. The predicted molar refractivity (Wildman–Crippen MR) is 82.1 cm³/mol. The number of amides is 2. The summed E-state index contributed by atoms with van der Waals surface area (Å²) in [6, 6.07) is 4.99. The number of fused-ring (bicyclic) bond motifs is 1. The predicted octanol–water partition coefficient (Wildman–Crippen LogP) is 1.47. The van der Waals surface area contributed by atoms with Crippen molar-refractivity contribution < 1.29 is 14.3 Å². The summed E-state index contributed by atoms with van der Waals surface area (Å²) in [6.45, 7) is 3.89. The molecular formula is C15H16N2O3S. The number of nitrogens with zero attached hydrogens (tertiary/aromatic N) is 1. The Hall–Kier alpha value is -1.95. The monoisotopic (exact) mass is 304 g/mol. The highest BCUT2D eigenvalue weighted by Gasteiger charge is 2.72. The Balaban J connectivity index is 2.01. The number of hydrogen-bond donors (Lipinski definition) is 1. The van der Waals surface area contributed by atoms with E-state index in [1.807, 2.05) is 13.8 Å². The molecule has 110 valence electrons. The number of rotatable bonds is 3. The van der Waals surface area contributed by atoms with Gasteiger partial charge in [-0.05, 0) is 23.6 Å². The molecule has 2 N–H and O–H groups in total. The van der Waals surface area contributed by atoms with Crippen molar-refractivity contribution in [3.05, 3.63) is 23.8 Å². The lowest BCUT2D eigenvalue weighted by Gasteiger charge is -2.22. The van der Waals surface area contributed by atoms with Crippen LogP contribution in [0.15, 0.2) is 18.2 Å². The van der Waals surface area contributed by atoms with Gasteiger partial charge in [0.25, 0.3) is 0 Å². The summed E-state index contributed by atoms with van der Waals surface area (Å²) in [5.41, 5.74) is 6.45. The lowest BCUT2D eigenvalue weighted by atomic mass is 10.0. The normalized spacial score (nSPS) is 25.8. The van der Waals surface area contributed by atoms with E-state index in [1.54, 1.807) is 18.2 Å². The molecule has 1 aliphatic heterocycles. The third kappa shape index (κ3) is 1.78. The first-order valence-electron chi connectivity index (χ1n) is 6.66. The van der Waals surface area contributed by atoms with Crippen LogP contribution in [0.25, 0.3) is 0 Å². The number of imide groups is 1. The molecule has 1 aliphatic carbocycles. The van der Waals surface area contributed by atoms with E-state index < -0.39 is 0 Å². The van der Waals surface area contributed by atoms with Crippen LogP contribution in [0, 0.1) is 17.3 Å². The quantitative estimate of drug-likeness (QED) is 0.676. The van der Waals surface area contributed by atoms with Crippen LogP contribution in [0.5, 0.6) is 5.75 Å². The first kappa shape index (κ1) is 14.0. The molecule has 1 aromatic rings. The van der Waals surface area contributed by atoms with Gasteiger partial charge in [0.15, 0.2) is 0 Å². The van der Waals surface area contributed by atoms with E-state index in [2.05, 4.69) is 0 Å². The Labute approximate surface area is 128 Å². The van der Waals surface area contributed by atoms with Gasteiger partial charge >= 0.3 is 0 Å². The summed E-state index contributed by atoms with van der Waals surface area (Å²) in [6.07, 6.45) is 0. The summed E-state index contributed by atoms with van der Waals surface area (Å²) >= 11 is 4.92. The second-order valence-corrected chi connectivity index (χ2v) is 6.48. The molecule has 1 aromatic carbocycles. The summed E-state index contributed by atoms with van der Waals surface area (Å²) in [7, 11) is 1.48. The Morgan fingerprint density at radius 2 is 1.86 bits per heavy atom. The van der Waals surface area contributed by atoms with Gasteiger partial charge in [0.05, 0.1) is 24.6 Å². The lowest BCUT2D eigenvalue weighted by molar-refractivity contribution is -0.125. The summed E-state index contributed by atoms with van der Waals surface area (Å²) in [5.74, 6) is -0.330. The molecule has 1 saturated heterocycles. The van der Waals surface area contributed by atoms with Crippen molar-refractivity contribution in [3.63, 3.8) is 0 Å². The lowest BCUT2D eigenvalue weighted by Crippen LogP contribution is -2.36. The van der Waals surface area contributed by atoms with E-state index in [4.69, 9.17) is 22.7 Å². The van der Waals surface area contributed by atoms with Gasteiger partial charge in [0.1, 0.15) is 10.7 Å². The molecule has 6 heteroatoms. The molecule has 0 aromatic heterocycles. The standard InChI is InChI=1S/C15H16N2O3S/c1-15(2)10-11(15)14(19)17(13(10)18)8-5-4-7(12(16)21)6-9(8)20-3/h4-6,10-11H,1-3H3,(H2,16,21). The van der Waals surface area contributed by atoms with Crippen molar-refractivity contribution in [1.29, 1.82) is 0 Å². The maximum atomic E-state index is 12.5. The highest BCUT2D eigenvalue weighted by Crippen LogP contribution is 2.64. The Bertz CT molecular complexity index is 659. The van der Waals surface area contributed by atoms with E-state index in [0.29, 0.717) is 17.0 Å². The molecule has 1 heterocycles. The van der Waals surface area contributed by atoms with Gasteiger partial charge < -0.3 is 10.5 Å². The smallest absolute Gasteiger partial charge is 0.238 e. The molecule has 0 spiro atoms. The van der Waals surface area contributed by atoms with Gasteiger partial charge in [-0.15, -0.1) is 0 Å². The fraction of sp³-hybridized carbons (Fsp3) is 0.400. The SMILES string of the molecule is COc1cc(C(N)=S)ccc1N1C(=O)C2C(C1=O)C2(C)C. The van der Waals surface area contributed by atoms with Gasteiger partial charge in [-0.1, -0.05) is 26.1 Å². The van der Waals surface area contributed by atoms with Crippen LogP contribution in [0.4, 0.5) is 5.69 Å². The van der Waals surface area contributed by atoms with Crippen LogP contribution < -0.4 is 15.4 Å².